The molecule has 1 rings (SSSR count). The van der Waals surface area contributed by atoms with E-state index in [4.69, 9.17) is 5.73 Å². The zero-order chi connectivity index (χ0) is 10.4. The third kappa shape index (κ3) is 4.05. The second kappa shape index (κ2) is 5.40. The van der Waals surface area contributed by atoms with Crippen LogP contribution < -0.4 is 16.6 Å². The van der Waals surface area contributed by atoms with Crippen LogP contribution in [0.2, 0.25) is 0 Å². The quantitative estimate of drug-likeness (QED) is 0.293. The largest absolute Gasteiger partial charge is 0.375 e. The fraction of sp³-hybridized carbons (Fsp3) is 0.200. The lowest BCUT2D eigenvalue weighted by atomic mass is 10.7. The third-order valence-corrected chi connectivity index (χ3v) is 2.04. The summed E-state index contributed by atoms with van der Waals surface area (Å²) in [6.45, 7) is 0. The van der Waals surface area contributed by atoms with E-state index in [2.05, 4.69) is 38.3 Å². The van der Waals surface area contributed by atoms with E-state index < -0.39 is 0 Å². The molecule has 0 radical (unpaired) electrons. The summed E-state index contributed by atoms with van der Waals surface area (Å²) in [4.78, 5) is 14.9. The van der Waals surface area contributed by atoms with Gasteiger partial charge in [-0.15, -0.1) is 0 Å². The van der Waals surface area contributed by atoms with E-state index in [0.29, 0.717) is 5.16 Å². The van der Waals surface area contributed by atoms with Gasteiger partial charge in [0.1, 0.15) is 6.33 Å². The van der Waals surface area contributed by atoms with Crippen molar-refractivity contribution >= 4 is 35.0 Å². The van der Waals surface area contributed by atoms with Crippen molar-refractivity contribution in [2.24, 2.45) is 5.73 Å². The number of nitrogens with zero attached hydrogens (tertiary/aromatic N) is 2. The molecular weight excluding hydrogens is 224 g/mol. The lowest BCUT2D eigenvalue weighted by molar-refractivity contribution is -0.119. The fourth-order valence-corrected chi connectivity index (χ4v) is 1.20. The SMILES string of the molecule is NC(=S)NNC(=O)CSc1ncn[nH]1. The Balaban J connectivity index is 2.18. The summed E-state index contributed by atoms with van der Waals surface area (Å²) in [6.07, 6.45) is 1.37. The van der Waals surface area contributed by atoms with E-state index in [0.717, 1.165) is 0 Å². The Morgan fingerprint density at radius 2 is 2.50 bits per heavy atom. The van der Waals surface area contributed by atoms with Crippen LogP contribution in [0, 0.1) is 0 Å². The van der Waals surface area contributed by atoms with E-state index in [1.165, 1.54) is 18.1 Å². The minimum atomic E-state index is -0.251. The van der Waals surface area contributed by atoms with Gasteiger partial charge in [-0.2, -0.15) is 5.10 Å². The number of nitrogens with one attached hydrogen (secondary N) is 3. The Hall–Kier alpha value is -1.35. The molecular formula is C5H8N6OS2. The van der Waals surface area contributed by atoms with Gasteiger partial charge in [-0.3, -0.25) is 20.7 Å². The summed E-state index contributed by atoms with van der Waals surface area (Å²) in [5.74, 6) is -0.0515. The first-order valence-corrected chi connectivity index (χ1v) is 4.90. The number of hydrazine groups is 1. The predicted octanol–water partition coefficient (Wildman–Crippen LogP) is -1.24. The number of aromatic amines is 1. The monoisotopic (exact) mass is 232 g/mol. The van der Waals surface area contributed by atoms with Crippen molar-refractivity contribution in [3.8, 4) is 0 Å². The van der Waals surface area contributed by atoms with Gasteiger partial charge in [0, 0.05) is 0 Å². The number of thiocarbonyl (C=S) groups is 1. The molecule has 0 fully saturated rings. The average molecular weight is 232 g/mol. The van der Waals surface area contributed by atoms with Crippen LogP contribution in [0.1, 0.15) is 0 Å². The third-order valence-electron chi connectivity index (χ3n) is 1.06. The number of amides is 1. The molecule has 1 aromatic rings. The van der Waals surface area contributed by atoms with Gasteiger partial charge in [0.15, 0.2) is 10.3 Å². The van der Waals surface area contributed by atoms with E-state index >= 15 is 0 Å². The van der Waals surface area contributed by atoms with Crippen LogP contribution in [-0.2, 0) is 4.79 Å². The Kier molecular flexibility index (Phi) is 4.13. The summed E-state index contributed by atoms with van der Waals surface area (Å²) in [7, 11) is 0. The zero-order valence-corrected chi connectivity index (χ0v) is 8.61. The van der Waals surface area contributed by atoms with Gasteiger partial charge in [0.25, 0.3) is 0 Å². The van der Waals surface area contributed by atoms with Crippen LogP contribution in [0.25, 0.3) is 0 Å². The topological polar surface area (TPSA) is 109 Å². The number of hydrogen-bond acceptors (Lipinski definition) is 5. The standard InChI is InChI=1S/C5H8N6OS2/c6-4(13)10-9-3(12)1-14-5-7-2-8-11-5/h2H,1H2,(H,9,12)(H3,6,10,13)(H,7,8,11). The molecule has 76 valence electrons. The highest BCUT2D eigenvalue weighted by Crippen LogP contribution is 2.08. The van der Waals surface area contributed by atoms with E-state index in [-0.39, 0.29) is 16.8 Å². The van der Waals surface area contributed by atoms with Crippen molar-refractivity contribution in [2.75, 3.05) is 5.75 Å². The Morgan fingerprint density at radius 1 is 1.71 bits per heavy atom. The highest BCUT2D eigenvalue weighted by molar-refractivity contribution is 7.99. The molecule has 5 N–H and O–H groups in total. The van der Waals surface area contributed by atoms with Gasteiger partial charge >= 0.3 is 0 Å². The molecule has 0 unspecified atom stereocenters. The number of H-pyrrole nitrogens is 1. The summed E-state index contributed by atoms with van der Waals surface area (Å²) in [5, 5.41) is 6.83. The van der Waals surface area contributed by atoms with Gasteiger partial charge in [-0.05, 0) is 12.2 Å². The lowest BCUT2D eigenvalue weighted by Crippen LogP contribution is -2.45. The van der Waals surface area contributed by atoms with Crippen LogP contribution in [-0.4, -0.2) is 32.0 Å². The highest BCUT2D eigenvalue weighted by Gasteiger charge is 2.03. The first kappa shape index (κ1) is 10.7. The Bertz CT molecular complexity index is 312. The van der Waals surface area contributed by atoms with Crippen molar-refractivity contribution < 1.29 is 4.79 Å². The molecule has 0 aliphatic heterocycles. The second-order valence-corrected chi connectivity index (χ2v) is 3.52. The molecule has 1 aromatic heterocycles. The van der Waals surface area contributed by atoms with Crippen molar-refractivity contribution in [3.63, 3.8) is 0 Å². The summed E-state index contributed by atoms with van der Waals surface area (Å²) in [6, 6.07) is 0. The minimum Gasteiger partial charge on any atom is -0.375 e. The van der Waals surface area contributed by atoms with Gasteiger partial charge < -0.3 is 5.73 Å². The van der Waals surface area contributed by atoms with Gasteiger partial charge in [0.05, 0.1) is 5.75 Å². The zero-order valence-electron chi connectivity index (χ0n) is 6.98. The minimum absolute atomic E-state index is 0.0167. The predicted molar refractivity (Wildman–Crippen MR) is 55.2 cm³/mol. The summed E-state index contributed by atoms with van der Waals surface area (Å²) >= 11 is 5.72. The van der Waals surface area contributed by atoms with Crippen LogP contribution in [0.4, 0.5) is 0 Å². The van der Waals surface area contributed by atoms with Crippen molar-refractivity contribution in [1.29, 1.82) is 0 Å². The Morgan fingerprint density at radius 3 is 3.07 bits per heavy atom. The van der Waals surface area contributed by atoms with Crippen molar-refractivity contribution in [1.82, 2.24) is 26.0 Å². The molecule has 1 heterocycles. The molecule has 0 bridgehead atoms. The maximum absolute atomic E-state index is 11.1. The molecule has 14 heavy (non-hydrogen) atoms. The van der Waals surface area contributed by atoms with Crippen LogP contribution in [0.15, 0.2) is 11.5 Å². The maximum Gasteiger partial charge on any atom is 0.248 e. The molecule has 7 nitrogen and oxygen atoms in total. The summed E-state index contributed by atoms with van der Waals surface area (Å²) in [5.41, 5.74) is 9.73. The van der Waals surface area contributed by atoms with Crippen molar-refractivity contribution in [2.45, 2.75) is 5.16 Å². The lowest BCUT2D eigenvalue weighted by Gasteiger charge is -2.04. The molecule has 0 saturated heterocycles. The Labute approximate surface area is 89.2 Å². The van der Waals surface area contributed by atoms with Crippen LogP contribution >= 0.6 is 24.0 Å². The van der Waals surface area contributed by atoms with E-state index in [9.17, 15) is 4.79 Å². The molecule has 9 heteroatoms. The van der Waals surface area contributed by atoms with Crippen LogP contribution in [0.5, 0.6) is 0 Å². The number of rotatable bonds is 3. The second-order valence-electron chi connectivity index (χ2n) is 2.12. The number of hydrogen-bond donors (Lipinski definition) is 4. The molecule has 0 aromatic carbocycles. The van der Waals surface area contributed by atoms with Crippen LogP contribution in [0.3, 0.4) is 0 Å². The molecule has 0 aliphatic carbocycles. The van der Waals surface area contributed by atoms with E-state index in [1.54, 1.807) is 0 Å². The number of carbonyl (C=O) groups excluding carboxylic acids is 1. The number of carbonyl (C=O) groups is 1. The van der Waals surface area contributed by atoms with Crippen molar-refractivity contribution in [3.05, 3.63) is 6.33 Å². The van der Waals surface area contributed by atoms with E-state index in [1.807, 2.05) is 0 Å². The smallest absolute Gasteiger partial charge is 0.248 e. The first-order chi connectivity index (χ1) is 6.68. The van der Waals surface area contributed by atoms with Gasteiger partial charge in [-0.25, -0.2) is 4.98 Å². The average Bonchev–Trinajstić information content (AvgIpc) is 2.63. The highest BCUT2D eigenvalue weighted by atomic mass is 32.2. The van der Waals surface area contributed by atoms with Gasteiger partial charge in [-0.1, -0.05) is 11.8 Å². The van der Waals surface area contributed by atoms with Gasteiger partial charge in [0.2, 0.25) is 5.91 Å². The molecule has 0 spiro atoms. The molecule has 0 atom stereocenters. The maximum atomic E-state index is 11.1. The summed E-state index contributed by atoms with van der Waals surface area (Å²) < 4.78 is 0. The molecule has 1 amide bonds. The normalized spacial score (nSPS) is 9.43. The number of aromatic nitrogens is 3. The number of thioether (sulfide) groups is 1. The molecule has 0 saturated carbocycles. The number of nitrogens with two attached hydrogens (primary N) is 1. The first-order valence-electron chi connectivity index (χ1n) is 3.51. The molecule has 0 aliphatic rings. The fourth-order valence-electron chi connectivity index (χ4n) is 0.565.